The highest BCUT2D eigenvalue weighted by Gasteiger charge is 2.21. The lowest BCUT2D eigenvalue weighted by Gasteiger charge is -2.28. The first kappa shape index (κ1) is 49.6. The molecular weight excluding hydrogens is 669 g/mol. The SMILES string of the molecule is CCCCCCCCCCCCCCCC(=O)OC[C@@H](COP(=O)([O-])OCC[N+](C)(C)C)SC(=O)CCCCCCCCCCCCCCC. The van der Waals surface area contributed by atoms with E-state index in [2.05, 4.69) is 13.8 Å². The van der Waals surface area contributed by atoms with Crippen molar-refractivity contribution in [3.05, 3.63) is 0 Å². The summed E-state index contributed by atoms with van der Waals surface area (Å²) in [6, 6.07) is 0. The van der Waals surface area contributed by atoms with Gasteiger partial charge in [0.25, 0.3) is 7.82 Å². The van der Waals surface area contributed by atoms with Crippen molar-refractivity contribution in [2.45, 2.75) is 199 Å². The van der Waals surface area contributed by atoms with Crippen molar-refractivity contribution >= 4 is 30.7 Å². The van der Waals surface area contributed by atoms with E-state index in [9.17, 15) is 19.0 Å². The number of hydrogen-bond acceptors (Lipinski definition) is 8. The van der Waals surface area contributed by atoms with Crippen LogP contribution in [0.5, 0.6) is 0 Å². The summed E-state index contributed by atoms with van der Waals surface area (Å²) in [6.45, 7) is 4.68. The largest absolute Gasteiger partial charge is 0.756 e. The van der Waals surface area contributed by atoms with E-state index < -0.39 is 13.1 Å². The topological polar surface area (TPSA) is 102 Å². The Morgan fingerprint density at radius 3 is 1.36 bits per heavy atom. The van der Waals surface area contributed by atoms with Gasteiger partial charge in [-0.3, -0.25) is 14.2 Å². The van der Waals surface area contributed by atoms with E-state index in [4.69, 9.17) is 13.8 Å². The first-order chi connectivity index (χ1) is 24.0. The van der Waals surface area contributed by atoms with E-state index in [1.165, 1.54) is 128 Å². The number of carbonyl (C=O) groups excluding carboxylic acids is 2. The van der Waals surface area contributed by atoms with Gasteiger partial charge in [0.05, 0.1) is 33.0 Å². The van der Waals surface area contributed by atoms with Crippen LogP contribution in [0.3, 0.4) is 0 Å². The van der Waals surface area contributed by atoms with Crippen molar-refractivity contribution in [1.29, 1.82) is 0 Å². The zero-order valence-electron chi connectivity index (χ0n) is 33.4. The van der Waals surface area contributed by atoms with Crippen molar-refractivity contribution in [3.63, 3.8) is 0 Å². The van der Waals surface area contributed by atoms with Crippen molar-refractivity contribution in [2.75, 3.05) is 47.5 Å². The average molecular weight is 750 g/mol. The molecule has 8 nitrogen and oxygen atoms in total. The molecule has 2 atom stereocenters. The highest BCUT2D eigenvalue weighted by Crippen LogP contribution is 2.39. The predicted octanol–water partition coefficient (Wildman–Crippen LogP) is 11.3. The van der Waals surface area contributed by atoms with E-state index in [-0.39, 0.29) is 30.9 Å². The summed E-state index contributed by atoms with van der Waals surface area (Å²) in [4.78, 5) is 37.7. The Hall–Kier alpha value is -0.440. The maximum atomic E-state index is 12.8. The molecule has 1 unspecified atom stereocenters. The zero-order valence-corrected chi connectivity index (χ0v) is 35.1. The minimum atomic E-state index is -4.54. The number of hydrogen-bond donors (Lipinski definition) is 0. The monoisotopic (exact) mass is 750 g/mol. The highest BCUT2D eigenvalue weighted by molar-refractivity contribution is 8.14. The number of thioether (sulfide) groups is 1. The van der Waals surface area contributed by atoms with Gasteiger partial charge in [-0.05, 0) is 12.8 Å². The molecule has 0 heterocycles. The Labute approximate surface area is 313 Å². The molecule has 0 bridgehead atoms. The first-order valence-corrected chi connectivity index (χ1v) is 23.1. The molecule has 0 aromatic carbocycles. The maximum Gasteiger partial charge on any atom is 0.305 e. The van der Waals surface area contributed by atoms with Gasteiger partial charge in [0.15, 0.2) is 5.12 Å². The molecule has 0 aliphatic carbocycles. The van der Waals surface area contributed by atoms with Crippen LogP contribution in [0, 0.1) is 0 Å². The second-order valence-corrected chi connectivity index (χ2v) is 18.1. The molecule has 0 aromatic rings. The fraction of sp³-hybridized carbons (Fsp3) is 0.950. The molecule has 0 saturated heterocycles. The smallest absolute Gasteiger partial charge is 0.305 e. The van der Waals surface area contributed by atoms with Gasteiger partial charge in [-0.15, -0.1) is 0 Å². The van der Waals surface area contributed by atoms with Gasteiger partial charge in [-0.25, -0.2) is 0 Å². The van der Waals surface area contributed by atoms with Crippen LogP contribution >= 0.6 is 19.6 Å². The Balaban J connectivity index is 4.36. The fourth-order valence-corrected chi connectivity index (χ4v) is 7.58. The van der Waals surface area contributed by atoms with E-state index in [1.54, 1.807) is 0 Å². The number of carbonyl (C=O) groups is 2. The average Bonchev–Trinajstić information content (AvgIpc) is 3.06. The van der Waals surface area contributed by atoms with Gasteiger partial charge in [0.2, 0.25) is 0 Å². The minimum absolute atomic E-state index is 0.00811. The predicted molar refractivity (Wildman–Crippen MR) is 210 cm³/mol. The second-order valence-electron chi connectivity index (χ2n) is 15.4. The summed E-state index contributed by atoms with van der Waals surface area (Å²) in [6.07, 6.45) is 33.0. The molecule has 0 aliphatic rings. The third-order valence-electron chi connectivity index (χ3n) is 9.13. The summed E-state index contributed by atoms with van der Waals surface area (Å²) < 4.78 is 28.6. The minimum Gasteiger partial charge on any atom is -0.756 e. The molecule has 0 rings (SSSR count). The first-order valence-electron chi connectivity index (χ1n) is 20.7. The highest BCUT2D eigenvalue weighted by atomic mass is 32.2. The molecule has 10 heteroatoms. The van der Waals surface area contributed by atoms with Gasteiger partial charge < -0.3 is 23.2 Å². The van der Waals surface area contributed by atoms with Crippen molar-refractivity contribution in [1.82, 2.24) is 0 Å². The Kier molecular flexibility index (Phi) is 34.0. The van der Waals surface area contributed by atoms with E-state index in [0.29, 0.717) is 23.9 Å². The number of quaternary nitrogens is 1. The van der Waals surface area contributed by atoms with E-state index >= 15 is 0 Å². The van der Waals surface area contributed by atoms with Crippen molar-refractivity contribution < 1.29 is 37.3 Å². The second kappa shape index (κ2) is 34.3. The van der Waals surface area contributed by atoms with Gasteiger partial charge in [-0.2, -0.15) is 0 Å². The Morgan fingerprint density at radius 2 is 0.960 bits per heavy atom. The number of rotatable bonds is 38. The standard InChI is InChI=1S/C40H80NO7PS/c1-6-8-10-12-14-16-18-20-22-24-26-28-30-32-39(42)46-36-38(37-48-49(44,45)47-35-34-41(3,4)5)50-40(43)33-31-29-27-25-23-21-19-17-15-13-11-9-7-2/h38H,6-37H2,1-5H3/t38-/m0/s1. The molecular formula is C40H80NO7PS. The molecule has 0 spiro atoms. The van der Waals surface area contributed by atoms with Gasteiger partial charge in [0, 0.05) is 12.8 Å². The quantitative estimate of drug-likeness (QED) is 0.0266. The third kappa shape index (κ3) is 37.3. The molecule has 298 valence electrons. The van der Waals surface area contributed by atoms with E-state index in [0.717, 1.165) is 50.3 Å². The molecule has 0 saturated carbocycles. The molecule has 0 N–H and O–H groups in total. The van der Waals surface area contributed by atoms with Crippen molar-refractivity contribution in [2.24, 2.45) is 0 Å². The number of nitrogens with zero attached hydrogens (tertiary/aromatic N) is 1. The summed E-state index contributed by atoms with van der Waals surface area (Å²) in [7, 11) is 1.30. The van der Waals surface area contributed by atoms with Crippen LogP contribution in [-0.2, 0) is 27.9 Å². The number of ether oxygens (including phenoxy) is 1. The number of likely N-dealkylation sites (N-methyl/N-ethyl adjacent to an activating group) is 1. The molecule has 0 aliphatic heterocycles. The van der Waals surface area contributed by atoms with Crippen molar-refractivity contribution in [3.8, 4) is 0 Å². The molecule has 50 heavy (non-hydrogen) atoms. The molecule has 0 radical (unpaired) electrons. The van der Waals surface area contributed by atoms with Gasteiger partial charge in [-0.1, -0.05) is 180 Å². The summed E-state index contributed by atoms with van der Waals surface area (Å²) >= 11 is 1.03. The number of phosphoric ester groups is 1. The van der Waals surface area contributed by atoms with Crippen LogP contribution in [0.15, 0.2) is 0 Å². The summed E-state index contributed by atoms with van der Waals surface area (Å²) in [5.41, 5.74) is 0. The van der Waals surface area contributed by atoms with Crippen LogP contribution in [-0.4, -0.2) is 68.3 Å². The normalized spacial score (nSPS) is 13.7. The molecule has 0 aromatic heterocycles. The molecule has 0 fully saturated rings. The third-order valence-corrected chi connectivity index (χ3v) is 11.2. The van der Waals surface area contributed by atoms with Gasteiger partial charge in [0.1, 0.15) is 19.8 Å². The maximum absolute atomic E-state index is 12.8. The Morgan fingerprint density at radius 1 is 0.580 bits per heavy atom. The number of unbranched alkanes of at least 4 members (excludes halogenated alkanes) is 24. The lowest BCUT2D eigenvalue weighted by Crippen LogP contribution is -2.37. The number of phosphoric acid groups is 1. The number of esters is 1. The van der Waals surface area contributed by atoms with Crippen LogP contribution < -0.4 is 4.89 Å². The lowest BCUT2D eigenvalue weighted by molar-refractivity contribution is -0.870. The van der Waals surface area contributed by atoms with E-state index in [1.807, 2.05) is 21.1 Å². The van der Waals surface area contributed by atoms with Crippen LogP contribution in [0.25, 0.3) is 0 Å². The fourth-order valence-electron chi connectivity index (χ4n) is 5.83. The Bertz CT molecular complexity index is 839. The van der Waals surface area contributed by atoms with Crippen LogP contribution in [0.2, 0.25) is 0 Å². The summed E-state index contributed by atoms with van der Waals surface area (Å²) in [5, 5.41) is -0.634. The summed E-state index contributed by atoms with van der Waals surface area (Å²) in [5.74, 6) is -0.313. The lowest BCUT2D eigenvalue weighted by atomic mass is 10.0. The molecule has 0 amide bonds. The van der Waals surface area contributed by atoms with Gasteiger partial charge >= 0.3 is 5.97 Å². The van der Waals surface area contributed by atoms with Crippen LogP contribution in [0.4, 0.5) is 0 Å². The van der Waals surface area contributed by atoms with Crippen LogP contribution in [0.1, 0.15) is 194 Å². The zero-order chi connectivity index (χ0) is 37.2.